The van der Waals surface area contributed by atoms with Gasteiger partial charge < -0.3 is 10.5 Å². The maximum Gasteiger partial charge on any atom is 0.132 e. The fourth-order valence-electron chi connectivity index (χ4n) is 2.73. The van der Waals surface area contributed by atoms with Crippen LogP contribution >= 0.6 is 0 Å². The van der Waals surface area contributed by atoms with E-state index >= 15 is 0 Å². The number of nitrogens with two attached hydrogens (primary N) is 1. The average Bonchev–Trinajstić information content (AvgIpc) is 3.23. The van der Waals surface area contributed by atoms with Crippen molar-refractivity contribution >= 4 is 0 Å². The Morgan fingerprint density at radius 3 is 1.95 bits per heavy atom. The van der Waals surface area contributed by atoms with Crippen molar-refractivity contribution in [1.29, 1.82) is 0 Å². The number of nitrogens with one attached hydrogen (secondary N) is 1. The van der Waals surface area contributed by atoms with Crippen LogP contribution in [0.1, 0.15) is 84.5 Å². The van der Waals surface area contributed by atoms with Crippen LogP contribution in [-0.2, 0) is 4.74 Å². The summed E-state index contributed by atoms with van der Waals surface area (Å²) < 4.78 is 5.22. The van der Waals surface area contributed by atoms with Crippen LogP contribution in [0.25, 0.3) is 0 Å². The summed E-state index contributed by atoms with van der Waals surface area (Å²) in [5, 5.41) is 3.47. The SMILES string of the molecule is CCCCCCCCCCCCC(NC1CO1)C(C)N. The topological polar surface area (TPSA) is 50.6 Å². The van der Waals surface area contributed by atoms with Gasteiger partial charge in [-0.15, -0.1) is 0 Å². The minimum absolute atomic E-state index is 0.220. The Morgan fingerprint density at radius 2 is 1.50 bits per heavy atom. The standard InChI is InChI=1S/C17H36N2O/c1-3-4-5-6-7-8-9-10-11-12-13-16(15(2)18)19-17-14-20-17/h15-17,19H,3-14,18H2,1-2H3. The van der Waals surface area contributed by atoms with Gasteiger partial charge in [0.05, 0.1) is 6.61 Å². The molecule has 0 aromatic carbocycles. The maximum atomic E-state index is 6.02. The molecule has 1 aliphatic heterocycles. The van der Waals surface area contributed by atoms with Crippen LogP contribution in [0.15, 0.2) is 0 Å². The summed E-state index contributed by atoms with van der Waals surface area (Å²) in [6.45, 7) is 5.23. The van der Waals surface area contributed by atoms with E-state index in [0.29, 0.717) is 6.04 Å². The molecule has 1 heterocycles. The zero-order chi connectivity index (χ0) is 14.6. The molecular weight excluding hydrogens is 248 g/mol. The normalized spacial score (nSPS) is 20.9. The van der Waals surface area contributed by atoms with Crippen molar-refractivity contribution in [2.24, 2.45) is 5.73 Å². The molecular formula is C17H36N2O. The van der Waals surface area contributed by atoms with Crippen molar-refractivity contribution in [2.75, 3.05) is 6.61 Å². The van der Waals surface area contributed by atoms with E-state index in [4.69, 9.17) is 10.5 Å². The molecule has 3 unspecified atom stereocenters. The first kappa shape index (κ1) is 17.9. The Balaban J connectivity index is 1.85. The van der Waals surface area contributed by atoms with Crippen molar-refractivity contribution in [3.8, 4) is 0 Å². The van der Waals surface area contributed by atoms with E-state index in [9.17, 15) is 0 Å². The number of rotatable bonds is 14. The Morgan fingerprint density at radius 1 is 1.00 bits per heavy atom. The second kappa shape index (κ2) is 11.5. The number of epoxide rings is 1. The largest absolute Gasteiger partial charge is 0.357 e. The lowest BCUT2D eigenvalue weighted by atomic mass is 10.0. The average molecular weight is 284 g/mol. The van der Waals surface area contributed by atoms with Crippen molar-refractivity contribution in [1.82, 2.24) is 5.32 Å². The minimum atomic E-state index is 0.220. The summed E-state index contributed by atoms with van der Waals surface area (Å²) in [4.78, 5) is 0. The Kier molecular flexibility index (Phi) is 10.3. The van der Waals surface area contributed by atoms with E-state index in [1.165, 1.54) is 70.6 Å². The fraction of sp³-hybridized carbons (Fsp3) is 1.00. The van der Waals surface area contributed by atoms with Gasteiger partial charge in [0.2, 0.25) is 0 Å². The molecule has 0 amide bonds. The Bertz CT molecular complexity index is 217. The summed E-state index contributed by atoms with van der Waals surface area (Å²) in [7, 11) is 0. The molecule has 120 valence electrons. The van der Waals surface area contributed by atoms with Gasteiger partial charge in [0.15, 0.2) is 0 Å². The molecule has 3 N–H and O–H groups in total. The molecule has 0 bridgehead atoms. The van der Waals surface area contributed by atoms with Crippen molar-refractivity contribution in [3.05, 3.63) is 0 Å². The molecule has 1 saturated heterocycles. The lowest BCUT2D eigenvalue weighted by molar-refractivity contribution is 0.310. The predicted octanol–water partition coefficient (Wildman–Crippen LogP) is 3.96. The summed E-state index contributed by atoms with van der Waals surface area (Å²) in [6.07, 6.45) is 15.4. The zero-order valence-electron chi connectivity index (χ0n) is 13.7. The van der Waals surface area contributed by atoms with Gasteiger partial charge in [-0.25, -0.2) is 0 Å². The molecule has 3 heteroatoms. The smallest absolute Gasteiger partial charge is 0.132 e. The van der Waals surface area contributed by atoms with Gasteiger partial charge in [0, 0.05) is 12.1 Å². The first-order chi connectivity index (χ1) is 9.74. The third kappa shape index (κ3) is 9.73. The molecule has 1 aliphatic rings. The summed E-state index contributed by atoms with van der Waals surface area (Å²) in [5.41, 5.74) is 6.02. The van der Waals surface area contributed by atoms with Crippen LogP contribution in [0.5, 0.6) is 0 Å². The highest BCUT2D eigenvalue weighted by Crippen LogP contribution is 2.14. The molecule has 0 spiro atoms. The number of ether oxygens (including phenoxy) is 1. The van der Waals surface area contributed by atoms with E-state index in [0.717, 1.165) is 6.61 Å². The first-order valence-corrected chi connectivity index (χ1v) is 8.87. The van der Waals surface area contributed by atoms with Gasteiger partial charge in [-0.2, -0.15) is 0 Å². The molecule has 1 fully saturated rings. The lowest BCUT2D eigenvalue weighted by Crippen LogP contribution is -2.44. The Hall–Kier alpha value is -0.120. The van der Waals surface area contributed by atoms with E-state index in [1.54, 1.807) is 0 Å². The molecule has 20 heavy (non-hydrogen) atoms. The van der Waals surface area contributed by atoms with Crippen LogP contribution in [0.2, 0.25) is 0 Å². The lowest BCUT2D eigenvalue weighted by Gasteiger charge is -2.21. The highest BCUT2D eigenvalue weighted by atomic mass is 16.6. The second-order valence-electron chi connectivity index (χ2n) is 6.42. The van der Waals surface area contributed by atoms with Crippen LogP contribution in [0.4, 0.5) is 0 Å². The molecule has 0 aliphatic carbocycles. The Labute approximate surface area is 126 Å². The van der Waals surface area contributed by atoms with Gasteiger partial charge in [0.25, 0.3) is 0 Å². The highest BCUT2D eigenvalue weighted by molar-refractivity contribution is 4.80. The van der Waals surface area contributed by atoms with Gasteiger partial charge in [0.1, 0.15) is 6.23 Å². The van der Waals surface area contributed by atoms with Crippen LogP contribution < -0.4 is 11.1 Å². The molecule has 1 rings (SSSR count). The quantitative estimate of drug-likeness (QED) is 0.375. The van der Waals surface area contributed by atoms with E-state index in [1.807, 2.05) is 0 Å². The van der Waals surface area contributed by atoms with Crippen LogP contribution in [0, 0.1) is 0 Å². The monoisotopic (exact) mass is 284 g/mol. The number of hydrogen-bond acceptors (Lipinski definition) is 3. The van der Waals surface area contributed by atoms with Gasteiger partial charge >= 0.3 is 0 Å². The summed E-state index contributed by atoms with van der Waals surface area (Å²) in [6, 6.07) is 0.648. The molecule has 0 aromatic rings. The van der Waals surface area contributed by atoms with Gasteiger partial charge in [-0.3, -0.25) is 5.32 Å². The zero-order valence-corrected chi connectivity index (χ0v) is 13.7. The van der Waals surface area contributed by atoms with Crippen LogP contribution in [0.3, 0.4) is 0 Å². The highest BCUT2D eigenvalue weighted by Gasteiger charge is 2.26. The maximum absolute atomic E-state index is 6.02. The second-order valence-corrected chi connectivity index (χ2v) is 6.42. The first-order valence-electron chi connectivity index (χ1n) is 8.87. The van der Waals surface area contributed by atoms with E-state index in [-0.39, 0.29) is 12.3 Å². The molecule has 0 radical (unpaired) electrons. The van der Waals surface area contributed by atoms with Gasteiger partial charge in [-0.1, -0.05) is 71.1 Å². The minimum Gasteiger partial charge on any atom is -0.357 e. The van der Waals surface area contributed by atoms with Gasteiger partial charge in [-0.05, 0) is 13.3 Å². The summed E-state index contributed by atoms with van der Waals surface area (Å²) in [5.74, 6) is 0. The van der Waals surface area contributed by atoms with Crippen molar-refractivity contribution in [2.45, 2.75) is 103 Å². The molecule has 0 aromatic heterocycles. The molecule has 3 nitrogen and oxygen atoms in total. The van der Waals surface area contributed by atoms with E-state index in [2.05, 4.69) is 19.2 Å². The van der Waals surface area contributed by atoms with Crippen molar-refractivity contribution in [3.63, 3.8) is 0 Å². The fourth-order valence-corrected chi connectivity index (χ4v) is 2.73. The predicted molar refractivity (Wildman–Crippen MR) is 86.8 cm³/mol. The van der Waals surface area contributed by atoms with E-state index < -0.39 is 0 Å². The summed E-state index contributed by atoms with van der Waals surface area (Å²) >= 11 is 0. The van der Waals surface area contributed by atoms with Crippen molar-refractivity contribution < 1.29 is 4.74 Å². The number of unbranched alkanes of at least 4 members (excludes halogenated alkanes) is 9. The number of hydrogen-bond donors (Lipinski definition) is 2. The molecule has 0 saturated carbocycles. The third-order valence-electron chi connectivity index (χ3n) is 4.24. The third-order valence-corrected chi connectivity index (χ3v) is 4.24. The van der Waals surface area contributed by atoms with Crippen LogP contribution in [-0.4, -0.2) is 24.9 Å². The molecule has 3 atom stereocenters.